The average Bonchev–Trinajstić information content (AvgIpc) is 2.71. The van der Waals surface area contributed by atoms with Crippen LogP contribution in [-0.2, 0) is 4.79 Å². The summed E-state index contributed by atoms with van der Waals surface area (Å²) in [7, 11) is 0. The fourth-order valence-electron chi connectivity index (χ4n) is 3.05. The summed E-state index contributed by atoms with van der Waals surface area (Å²) in [6.07, 6.45) is 6.25. The molecule has 0 aromatic heterocycles. The number of hydrogen-bond acceptors (Lipinski definition) is 2. The van der Waals surface area contributed by atoms with E-state index in [1.807, 2.05) is 0 Å². The monoisotopic (exact) mass is 252 g/mol. The molecule has 1 heterocycles. The molecule has 2 rings (SSSR count). The van der Waals surface area contributed by atoms with Gasteiger partial charge >= 0.3 is 0 Å². The molecule has 2 N–H and O–H groups in total. The maximum atomic E-state index is 12.3. The van der Waals surface area contributed by atoms with Crippen LogP contribution >= 0.6 is 0 Å². The fraction of sp³-hybridized carbons (Fsp3) is 0.933. The first-order valence-electron chi connectivity index (χ1n) is 7.44. The van der Waals surface area contributed by atoms with Crippen LogP contribution in [0.4, 0.5) is 0 Å². The van der Waals surface area contributed by atoms with E-state index in [1.165, 1.54) is 25.7 Å². The van der Waals surface area contributed by atoms with Crippen molar-refractivity contribution in [3.8, 4) is 0 Å². The largest absolute Gasteiger partial charge is 0.352 e. The normalized spacial score (nSPS) is 33.9. The van der Waals surface area contributed by atoms with E-state index in [0.717, 1.165) is 12.3 Å². The highest BCUT2D eigenvalue weighted by molar-refractivity contribution is 5.82. The molecule has 2 fully saturated rings. The predicted octanol–water partition coefficient (Wildman–Crippen LogP) is 2.46. The van der Waals surface area contributed by atoms with Crippen LogP contribution in [0.1, 0.15) is 59.8 Å². The molecule has 0 spiro atoms. The topological polar surface area (TPSA) is 41.1 Å². The molecule has 0 bridgehead atoms. The van der Waals surface area contributed by atoms with Crippen LogP contribution < -0.4 is 10.6 Å². The Balaban J connectivity index is 1.87. The Morgan fingerprint density at radius 3 is 2.56 bits per heavy atom. The highest BCUT2D eigenvalue weighted by Crippen LogP contribution is 2.33. The summed E-state index contributed by atoms with van der Waals surface area (Å²) >= 11 is 0. The number of carbonyl (C=O) groups excluding carboxylic acids is 1. The van der Waals surface area contributed by atoms with Crippen molar-refractivity contribution < 1.29 is 4.79 Å². The highest BCUT2D eigenvalue weighted by Gasteiger charge is 2.38. The van der Waals surface area contributed by atoms with Gasteiger partial charge in [-0.15, -0.1) is 0 Å². The summed E-state index contributed by atoms with van der Waals surface area (Å²) in [6, 6.07) is 0.858. The molecule has 3 heteroatoms. The number of rotatable bonds is 2. The Labute approximate surface area is 111 Å². The first-order chi connectivity index (χ1) is 8.38. The van der Waals surface area contributed by atoms with Gasteiger partial charge in [0.2, 0.25) is 5.91 Å². The van der Waals surface area contributed by atoms with E-state index < -0.39 is 0 Å². The van der Waals surface area contributed by atoms with E-state index in [-0.39, 0.29) is 23.4 Å². The van der Waals surface area contributed by atoms with Gasteiger partial charge in [-0.3, -0.25) is 4.79 Å². The third-order valence-electron chi connectivity index (χ3n) is 4.84. The number of fused-ring (bicyclic) bond motifs is 1. The second-order valence-corrected chi connectivity index (χ2v) is 7.20. The van der Waals surface area contributed by atoms with Gasteiger partial charge in [-0.25, -0.2) is 0 Å². The van der Waals surface area contributed by atoms with E-state index in [9.17, 15) is 4.79 Å². The molecule has 1 aliphatic heterocycles. The van der Waals surface area contributed by atoms with Crippen LogP contribution in [0.2, 0.25) is 0 Å². The van der Waals surface area contributed by atoms with Crippen molar-refractivity contribution in [1.82, 2.24) is 10.6 Å². The molecule has 0 aromatic carbocycles. The van der Waals surface area contributed by atoms with Gasteiger partial charge in [0, 0.05) is 12.1 Å². The van der Waals surface area contributed by atoms with E-state index in [4.69, 9.17) is 0 Å². The van der Waals surface area contributed by atoms with Crippen molar-refractivity contribution in [2.24, 2.45) is 11.3 Å². The van der Waals surface area contributed by atoms with Crippen LogP contribution in [0.25, 0.3) is 0 Å². The van der Waals surface area contributed by atoms with Crippen molar-refractivity contribution in [2.45, 2.75) is 77.9 Å². The molecule has 1 amide bonds. The first-order valence-corrected chi connectivity index (χ1v) is 7.44. The van der Waals surface area contributed by atoms with Crippen molar-refractivity contribution in [3.63, 3.8) is 0 Å². The zero-order chi connectivity index (χ0) is 13.3. The van der Waals surface area contributed by atoms with E-state index >= 15 is 0 Å². The van der Waals surface area contributed by atoms with E-state index in [2.05, 4.69) is 38.3 Å². The molecule has 104 valence electrons. The minimum Gasteiger partial charge on any atom is -0.352 e. The van der Waals surface area contributed by atoms with Crippen LogP contribution in [0.15, 0.2) is 0 Å². The lowest BCUT2D eigenvalue weighted by Gasteiger charge is -2.29. The molecule has 0 radical (unpaired) electrons. The van der Waals surface area contributed by atoms with E-state index in [1.54, 1.807) is 0 Å². The molecule has 4 unspecified atom stereocenters. The smallest absolute Gasteiger partial charge is 0.237 e. The van der Waals surface area contributed by atoms with Crippen molar-refractivity contribution in [3.05, 3.63) is 0 Å². The Bertz CT molecular complexity index is 294. The third kappa shape index (κ3) is 3.05. The van der Waals surface area contributed by atoms with Gasteiger partial charge in [0.15, 0.2) is 0 Å². The van der Waals surface area contributed by atoms with Crippen molar-refractivity contribution in [1.29, 1.82) is 0 Å². The lowest BCUT2D eigenvalue weighted by atomic mass is 9.85. The minimum absolute atomic E-state index is 0.0444. The van der Waals surface area contributed by atoms with Crippen molar-refractivity contribution in [2.75, 3.05) is 0 Å². The fourth-order valence-corrected chi connectivity index (χ4v) is 3.05. The van der Waals surface area contributed by atoms with Crippen LogP contribution in [-0.4, -0.2) is 24.0 Å². The quantitative estimate of drug-likeness (QED) is 0.792. The molecule has 3 nitrogen and oxygen atoms in total. The lowest BCUT2D eigenvalue weighted by molar-refractivity contribution is -0.124. The van der Waals surface area contributed by atoms with Gasteiger partial charge < -0.3 is 10.6 Å². The second kappa shape index (κ2) is 5.20. The molecule has 1 saturated carbocycles. The molecule has 2 aliphatic rings. The minimum atomic E-state index is 0.0444. The summed E-state index contributed by atoms with van der Waals surface area (Å²) in [5.41, 5.74) is 0.126. The average molecular weight is 252 g/mol. The molecular formula is C15H28N2O. The number of carbonyl (C=O) groups is 1. The summed E-state index contributed by atoms with van der Waals surface area (Å²) in [4.78, 5) is 12.3. The Hall–Kier alpha value is -0.570. The molecule has 1 saturated heterocycles. The number of nitrogens with one attached hydrogen (secondary N) is 2. The standard InChI is InChI=1S/C15H28N2O/c1-10(15(2,3)4)16-14(18)13-9-11-7-5-6-8-12(11)17-13/h10-13,17H,5-9H2,1-4H3,(H,16,18). The summed E-state index contributed by atoms with van der Waals surface area (Å²) in [6.45, 7) is 8.60. The third-order valence-corrected chi connectivity index (χ3v) is 4.84. The lowest BCUT2D eigenvalue weighted by Crippen LogP contribution is -2.49. The zero-order valence-electron chi connectivity index (χ0n) is 12.3. The van der Waals surface area contributed by atoms with Gasteiger partial charge in [-0.2, -0.15) is 0 Å². The predicted molar refractivity (Wildman–Crippen MR) is 74.3 cm³/mol. The van der Waals surface area contributed by atoms with Gasteiger partial charge in [-0.05, 0) is 37.5 Å². The second-order valence-electron chi connectivity index (χ2n) is 7.20. The van der Waals surface area contributed by atoms with Gasteiger partial charge in [0.05, 0.1) is 6.04 Å². The van der Waals surface area contributed by atoms with E-state index in [0.29, 0.717) is 6.04 Å². The summed E-state index contributed by atoms with van der Waals surface area (Å²) in [5, 5.41) is 6.71. The van der Waals surface area contributed by atoms with Crippen LogP contribution in [0.5, 0.6) is 0 Å². The Morgan fingerprint density at radius 1 is 1.28 bits per heavy atom. The first kappa shape index (κ1) is 13.9. The Kier molecular flexibility index (Phi) is 4.00. The SMILES string of the molecule is CC(NC(=O)C1CC2CCCCC2N1)C(C)(C)C. The van der Waals surface area contributed by atoms with Gasteiger partial charge in [-0.1, -0.05) is 33.6 Å². The summed E-state index contributed by atoms with van der Waals surface area (Å²) in [5.74, 6) is 0.936. The van der Waals surface area contributed by atoms with Crippen LogP contribution in [0, 0.1) is 11.3 Å². The molecular weight excluding hydrogens is 224 g/mol. The number of amides is 1. The Morgan fingerprint density at radius 2 is 1.94 bits per heavy atom. The summed E-state index contributed by atoms with van der Waals surface area (Å²) < 4.78 is 0. The van der Waals surface area contributed by atoms with Crippen LogP contribution in [0.3, 0.4) is 0 Å². The zero-order valence-corrected chi connectivity index (χ0v) is 12.3. The maximum Gasteiger partial charge on any atom is 0.237 e. The molecule has 0 aromatic rings. The van der Waals surface area contributed by atoms with Gasteiger partial charge in [0.25, 0.3) is 0 Å². The van der Waals surface area contributed by atoms with Gasteiger partial charge in [0.1, 0.15) is 0 Å². The molecule has 4 atom stereocenters. The van der Waals surface area contributed by atoms with Crippen molar-refractivity contribution >= 4 is 5.91 Å². The number of hydrogen-bond donors (Lipinski definition) is 2. The molecule has 18 heavy (non-hydrogen) atoms. The molecule has 1 aliphatic carbocycles. The maximum absolute atomic E-state index is 12.3. The highest BCUT2D eigenvalue weighted by atomic mass is 16.2.